The lowest BCUT2D eigenvalue weighted by molar-refractivity contribution is -0.135. The number of likely N-dealkylation sites (tertiary alicyclic amines) is 2. The summed E-state index contributed by atoms with van der Waals surface area (Å²) in [4.78, 5) is 76.4. The minimum Gasteiger partial charge on any atom is -0.453 e. The van der Waals surface area contributed by atoms with Crippen LogP contribution in [0.25, 0.3) is 44.9 Å². The average Bonchev–Trinajstić information content (AvgIpc) is 4.14. The van der Waals surface area contributed by atoms with Gasteiger partial charge >= 0.3 is 12.2 Å². The maximum Gasteiger partial charge on any atom is 0.407 e. The van der Waals surface area contributed by atoms with E-state index in [1.165, 1.54) is 14.2 Å². The van der Waals surface area contributed by atoms with E-state index in [1.807, 2.05) is 86.8 Å². The average molecular weight is 813 g/mol. The Morgan fingerprint density at radius 1 is 0.750 bits per heavy atom. The number of hydrogen-bond acceptors (Lipinski definition) is 9. The summed E-state index contributed by atoms with van der Waals surface area (Å²) in [6.45, 7) is 2.99. The van der Waals surface area contributed by atoms with Crippen LogP contribution >= 0.6 is 0 Å². The Morgan fingerprint density at radius 2 is 1.32 bits per heavy atom. The second kappa shape index (κ2) is 17.1. The number of methoxy groups -OCH3 is 2. The molecule has 0 aliphatic carbocycles. The maximum absolute atomic E-state index is 14.0. The Morgan fingerprint density at radius 3 is 1.93 bits per heavy atom. The molecule has 0 radical (unpaired) electrons. The van der Waals surface area contributed by atoms with Crippen LogP contribution in [-0.4, -0.2) is 96.6 Å². The third-order valence-corrected chi connectivity index (χ3v) is 11.6. The zero-order valence-electron chi connectivity index (χ0n) is 34.0. The number of rotatable bonds is 11. The molecule has 60 heavy (non-hydrogen) atoms. The predicted molar refractivity (Wildman–Crippen MR) is 223 cm³/mol. The molecule has 4 amide bonds. The van der Waals surface area contributed by atoms with Crippen molar-refractivity contribution < 1.29 is 28.7 Å². The molecule has 310 valence electrons. The Kier molecular flexibility index (Phi) is 11.3. The zero-order valence-corrected chi connectivity index (χ0v) is 34.0. The van der Waals surface area contributed by atoms with E-state index in [9.17, 15) is 19.2 Å². The molecule has 5 heterocycles. The molecule has 4 N–H and O–H groups in total. The van der Waals surface area contributed by atoms with Gasteiger partial charge in [-0.25, -0.2) is 24.5 Å². The molecule has 6 aromatic rings. The number of benzene rings is 3. The number of nitrogens with zero attached hydrogens (tertiary/aromatic N) is 6. The summed E-state index contributed by atoms with van der Waals surface area (Å²) in [5.41, 5.74) is 6.91. The van der Waals surface area contributed by atoms with Crippen LogP contribution in [0.2, 0.25) is 0 Å². The van der Waals surface area contributed by atoms with Gasteiger partial charge in [-0.3, -0.25) is 9.59 Å². The molecule has 4 atom stereocenters. The van der Waals surface area contributed by atoms with Crippen molar-refractivity contribution >= 4 is 35.0 Å². The van der Waals surface area contributed by atoms with E-state index >= 15 is 0 Å². The fourth-order valence-electron chi connectivity index (χ4n) is 8.37. The lowest BCUT2D eigenvalue weighted by atomic mass is 10.1. The Balaban J connectivity index is 0.971. The predicted octanol–water partition coefficient (Wildman–Crippen LogP) is 6.58. The Labute approximate surface area is 346 Å². The first kappa shape index (κ1) is 39.8. The summed E-state index contributed by atoms with van der Waals surface area (Å²) in [6.07, 6.45) is 5.88. The minimum atomic E-state index is -0.894. The molecule has 2 aliphatic rings. The fraction of sp³-hybridized carbons (Fsp3) is 0.341. The van der Waals surface area contributed by atoms with Crippen molar-refractivity contribution in [3.63, 3.8) is 0 Å². The molecule has 4 unspecified atom stereocenters. The van der Waals surface area contributed by atoms with Crippen LogP contribution < -0.4 is 10.6 Å². The summed E-state index contributed by atoms with van der Waals surface area (Å²) in [7, 11) is 4.56. The van der Waals surface area contributed by atoms with Gasteiger partial charge in [-0.15, -0.1) is 0 Å². The Hall–Kier alpha value is -6.97. The van der Waals surface area contributed by atoms with Gasteiger partial charge in [-0.1, -0.05) is 67.6 Å². The van der Waals surface area contributed by atoms with E-state index in [0.29, 0.717) is 36.7 Å². The zero-order chi connectivity index (χ0) is 41.9. The molecule has 2 aliphatic heterocycles. The monoisotopic (exact) mass is 812 g/mol. The van der Waals surface area contributed by atoms with Gasteiger partial charge in [0.1, 0.15) is 29.6 Å². The van der Waals surface area contributed by atoms with Crippen molar-refractivity contribution in [2.24, 2.45) is 7.05 Å². The number of hydrogen-bond donors (Lipinski definition) is 4. The summed E-state index contributed by atoms with van der Waals surface area (Å²) in [5, 5.41) is 5.36. The van der Waals surface area contributed by atoms with Crippen LogP contribution in [0.5, 0.6) is 0 Å². The number of alkyl carbamates (subject to hydrolysis) is 2. The number of carbonyl (C=O) groups is 4. The number of nitrogens with one attached hydrogen (secondary N) is 4. The summed E-state index contributed by atoms with van der Waals surface area (Å²) >= 11 is 0. The lowest BCUT2D eigenvalue weighted by Crippen LogP contribution is -2.48. The quantitative estimate of drug-likeness (QED) is 0.112. The highest BCUT2D eigenvalue weighted by atomic mass is 16.5. The molecule has 2 saturated heterocycles. The maximum atomic E-state index is 14.0. The third kappa shape index (κ3) is 7.79. The van der Waals surface area contributed by atoms with Gasteiger partial charge in [0.2, 0.25) is 5.91 Å². The number of aromatic nitrogens is 6. The standard InChI is InChI=1S/C44H48N10O6/c1-5-30(50-43(57)59-3)41(55)53-21-9-13-35(53)38-45-24-32(47-38)26-15-17-28(18-16-26)40-49-31-23-29(19-20-34(31)52(40)2)33-25-46-39(48-33)36-14-10-22-54(36)42(56)37(51-44(58)60-4)27-11-7-6-8-12-27/h6-8,11-12,15-20,23-25,30,35-37H,5,9-10,13-14,21-22H2,1-4H3,(H,45,47)(H,46,48)(H,50,57)(H,51,58). The molecule has 2 fully saturated rings. The van der Waals surface area contributed by atoms with Crippen LogP contribution in [0.4, 0.5) is 9.59 Å². The highest BCUT2D eigenvalue weighted by molar-refractivity contribution is 5.88. The van der Waals surface area contributed by atoms with Crippen molar-refractivity contribution in [2.75, 3.05) is 27.3 Å². The van der Waals surface area contributed by atoms with Crippen LogP contribution in [-0.2, 0) is 26.1 Å². The molecule has 16 heteroatoms. The third-order valence-electron chi connectivity index (χ3n) is 11.6. The molecule has 3 aromatic heterocycles. The summed E-state index contributed by atoms with van der Waals surface area (Å²) in [6, 6.07) is 21.3. The fourth-order valence-corrected chi connectivity index (χ4v) is 8.37. The first-order valence-corrected chi connectivity index (χ1v) is 20.2. The van der Waals surface area contributed by atoms with Gasteiger partial charge in [0, 0.05) is 31.3 Å². The molecule has 0 saturated carbocycles. The van der Waals surface area contributed by atoms with Crippen molar-refractivity contribution in [2.45, 2.75) is 63.2 Å². The van der Waals surface area contributed by atoms with E-state index < -0.39 is 24.3 Å². The second-order valence-electron chi connectivity index (χ2n) is 15.1. The van der Waals surface area contributed by atoms with Crippen molar-refractivity contribution in [1.82, 2.24) is 49.9 Å². The Bertz CT molecular complexity index is 2510. The van der Waals surface area contributed by atoms with E-state index in [1.54, 1.807) is 22.2 Å². The van der Waals surface area contributed by atoms with Crippen LogP contribution in [0.3, 0.4) is 0 Å². The normalized spacial score (nSPS) is 17.4. The molecular formula is C44H48N10O6. The topological polar surface area (TPSA) is 192 Å². The largest absolute Gasteiger partial charge is 0.453 e. The van der Waals surface area contributed by atoms with Crippen LogP contribution in [0.1, 0.15) is 74.4 Å². The van der Waals surface area contributed by atoms with Gasteiger partial charge in [-0.2, -0.15) is 0 Å². The van der Waals surface area contributed by atoms with E-state index in [2.05, 4.69) is 30.2 Å². The molecule has 3 aromatic carbocycles. The number of ether oxygens (including phenoxy) is 2. The SMILES string of the molecule is CCC(NC(=O)OC)C(=O)N1CCCC1c1ncc(-c2ccc(-c3nc4cc(-c5cnc(C6CCCN6C(=O)C(NC(=O)OC)c6ccccc6)[nH]5)ccc4n3C)cc2)[nH]1. The highest BCUT2D eigenvalue weighted by Crippen LogP contribution is 2.36. The van der Waals surface area contributed by atoms with E-state index in [-0.39, 0.29) is 23.9 Å². The van der Waals surface area contributed by atoms with Gasteiger partial charge in [-0.05, 0) is 55.4 Å². The number of H-pyrrole nitrogens is 2. The summed E-state index contributed by atoms with van der Waals surface area (Å²) in [5.74, 6) is 1.83. The van der Waals surface area contributed by atoms with Crippen LogP contribution in [0, 0.1) is 0 Å². The smallest absolute Gasteiger partial charge is 0.407 e. The first-order valence-electron chi connectivity index (χ1n) is 20.2. The molecular weight excluding hydrogens is 765 g/mol. The number of aromatic amines is 2. The van der Waals surface area contributed by atoms with E-state index in [4.69, 9.17) is 19.4 Å². The summed E-state index contributed by atoms with van der Waals surface area (Å²) < 4.78 is 11.6. The first-order chi connectivity index (χ1) is 29.2. The van der Waals surface area contributed by atoms with Gasteiger partial charge in [0.25, 0.3) is 5.91 Å². The lowest BCUT2D eigenvalue weighted by Gasteiger charge is -2.28. The number of amides is 4. The second-order valence-corrected chi connectivity index (χ2v) is 15.1. The van der Waals surface area contributed by atoms with Gasteiger partial charge < -0.3 is 44.4 Å². The van der Waals surface area contributed by atoms with Crippen LogP contribution in [0.15, 0.2) is 85.2 Å². The van der Waals surface area contributed by atoms with Crippen molar-refractivity contribution in [3.8, 4) is 33.9 Å². The highest BCUT2D eigenvalue weighted by Gasteiger charge is 2.38. The number of fused-ring (bicyclic) bond motifs is 1. The van der Waals surface area contributed by atoms with Gasteiger partial charge in [0.05, 0.1) is 61.1 Å². The van der Waals surface area contributed by atoms with Gasteiger partial charge in [0.15, 0.2) is 0 Å². The van der Waals surface area contributed by atoms with E-state index in [0.717, 1.165) is 70.6 Å². The number of carbonyl (C=O) groups excluding carboxylic acids is 4. The minimum absolute atomic E-state index is 0.148. The number of aryl methyl sites for hydroxylation is 1. The van der Waals surface area contributed by atoms with Crippen molar-refractivity contribution in [1.29, 1.82) is 0 Å². The molecule has 16 nitrogen and oxygen atoms in total. The van der Waals surface area contributed by atoms with Crippen molar-refractivity contribution in [3.05, 3.63) is 102 Å². The molecule has 0 spiro atoms. The molecule has 8 rings (SSSR count). The molecule has 0 bridgehead atoms. The number of imidazole rings is 3.